The number of allylic oxidation sites excluding steroid dienone is 12. The Kier molecular flexibility index (Phi) is 10.6. The fourth-order valence-electron chi connectivity index (χ4n) is 3.31. The Bertz CT molecular complexity index is 799. The van der Waals surface area contributed by atoms with Crippen LogP contribution in [-0.4, -0.2) is 11.6 Å². The third kappa shape index (κ3) is 9.69. The maximum atomic E-state index is 12.5. The van der Waals surface area contributed by atoms with Crippen LogP contribution in [0.1, 0.15) is 87.0 Å². The maximum absolute atomic E-state index is 12.5. The summed E-state index contributed by atoms with van der Waals surface area (Å²) in [6.45, 7) is 14.6. The first-order chi connectivity index (χ1) is 13.6. The lowest BCUT2D eigenvalue weighted by Crippen LogP contribution is -2.13. The number of rotatable bonds is 10. The topological polar surface area (TPSA) is 34.1 Å². The van der Waals surface area contributed by atoms with E-state index < -0.39 is 0 Å². The monoisotopic (exact) mass is 394 g/mol. The summed E-state index contributed by atoms with van der Waals surface area (Å²) < 4.78 is 0. The van der Waals surface area contributed by atoms with Gasteiger partial charge in [0.1, 0.15) is 0 Å². The Hall–Kier alpha value is -2.22. The van der Waals surface area contributed by atoms with Crippen LogP contribution in [0.5, 0.6) is 0 Å². The first-order valence-corrected chi connectivity index (χ1v) is 10.7. The highest BCUT2D eigenvalue weighted by atomic mass is 16.1. The van der Waals surface area contributed by atoms with E-state index in [2.05, 4.69) is 59.8 Å². The second-order valence-electron chi connectivity index (χ2n) is 8.68. The molecule has 1 aliphatic rings. The lowest BCUT2D eigenvalue weighted by molar-refractivity contribution is -0.115. The van der Waals surface area contributed by atoms with Crippen LogP contribution in [0, 0.1) is 0 Å². The Morgan fingerprint density at radius 2 is 1.41 bits per heavy atom. The SMILES string of the molecule is CC(C)=CCCC(C)=CCC(CC1=CC(=O)C=C(C)C1=O)=C(C)CCC=C(C)C. The van der Waals surface area contributed by atoms with Gasteiger partial charge in [-0.25, -0.2) is 0 Å². The van der Waals surface area contributed by atoms with Gasteiger partial charge in [0.05, 0.1) is 0 Å². The number of carbonyl (C=O) groups excluding carboxylic acids is 2. The molecule has 0 heterocycles. The van der Waals surface area contributed by atoms with Gasteiger partial charge in [0.25, 0.3) is 0 Å². The van der Waals surface area contributed by atoms with Gasteiger partial charge in [-0.05, 0) is 99.1 Å². The maximum Gasteiger partial charge on any atom is 0.185 e. The summed E-state index contributed by atoms with van der Waals surface area (Å²) >= 11 is 0. The Balaban J connectivity index is 3.00. The highest BCUT2D eigenvalue weighted by Gasteiger charge is 2.20. The zero-order valence-corrected chi connectivity index (χ0v) is 19.4. The van der Waals surface area contributed by atoms with Crippen molar-refractivity contribution in [1.82, 2.24) is 0 Å². The molecule has 0 N–H and O–H groups in total. The van der Waals surface area contributed by atoms with Crippen molar-refractivity contribution in [1.29, 1.82) is 0 Å². The smallest absolute Gasteiger partial charge is 0.185 e. The van der Waals surface area contributed by atoms with Gasteiger partial charge in [-0.1, -0.05) is 46.1 Å². The first kappa shape index (κ1) is 24.8. The normalized spacial score (nSPS) is 15.5. The Morgan fingerprint density at radius 1 is 0.828 bits per heavy atom. The van der Waals surface area contributed by atoms with Crippen LogP contribution in [0.2, 0.25) is 0 Å². The highest BCUT2D eigenvalue weighted by molar-refractivity contribution is 6.20. The van der Waals surface area contributed by atoms with Crippen LogP contribution < -0.4 is 0 Å². The highest BCUT2D eigenvalue weighted by Crippen LogP contribution is 2.27. The van der Waals surface area contributed by atoms with E-state index in [0.717, 1.165) is 32.1 Å². The van der Waals surface area contributed by atoms with E-state index in [-0.39, 0.29) is 11.6 Å². The molecule has 0 aromatic heterocycles. The lowest BCUT2D eigenvalue weighted by atomic mass is 9.88. The van der Waals surface area contributed by atoms with Crippen LogP contribution in [0.15, 0.2) is 69.4 Å². The molecule has 0 bridgehead atoms. The van der Waals surface area contributed by atoms with E-state index in [1.165, 1.54) is 40.0 Å². The summed E-state index contributed by atoms with van der Waals surface area (Å²) in [7, 11) is 0. The summed E-state index contributed by atoms with van der Waals surface area (Å²) in [5.41, 5.74) is 7.80. The third-order valence-corrected chi connectivity index (χ3v) is 5.19. The molecule has 0 spiro atoms. The predicted octanol–water partition coefficient (Wildman–Crippen LogP) is 7.55. The van der Waals surface area contributed by atoms with Crippen LogP contribution in [0.4, 0.5) is 0 Å². The molecule has 0 radical (unpaired) electrons. The lowest BCUT2D eigenvalue weighted by Gasteiger charge is -2.16. The molecule has 2 nitrogen and oxygen atoms in total. The molecule has 2 heteroatoms. The van der Waals surface area contributed by atoms with Crippen molar-refractivity contribution >= 4 is 11.6 Å². The van der Waals surface area contributed by atoms with Crippen molar-refractivity contribution in [3.05, 3.63) is 69.4 Å². The molecule has 158 valence electrons. The van der Waals surface area contributed by atoms with Gasteiger partial charge in [0.15, 0.2) is 11.6 Å². The average Bonchev–Trinajstić information content (AvgIpc) is 2.61. The van der Waals surface area contributed by atoms with Crippen LogP contribution in [0.25, 0.3) is 0 Å². The predicted molar refractivity (Wildman–Crippen MR) is 125 cm³/mol. The summed E-state index contributed by atoms with van der Waals surface area (Å²) in [5.74, 6) is -0.0736. The molecule has 0 aromatic carbocycles. The molecule has 0 atom stereocenters. The molecule has 0 unspecified atom stereocenters. The number of hydrogen-bond acceptors (Lipinski definition) is 2. The van der Waals surface area contributed by atoms with Gasteiger partial charge < -0.3 is 0 Å². The number of carbonyl (C=O) groups is 2. The van der Waals surface area contributed by atoms with Gasteiger partial charge >= 0.3 is 0 Å². The van der Waals surface area contributed by atoms with Crippen molar-refractivity contribution in [2.45, 2.75) is 87.0 Å². The quantitative estimate of drug-likeness (QED) is 0.283. The fraction of sp³-hybridized carbons (Fsp3) is 0.481. The van der Waals surface area contributed by atoms with Gasteiger partial charge in [-0.3, -0.25) is 9.59 Å². The molecular weight excluding hydrogens is 356 g/mol. The van der Waals surface area contributed by atoms with Crippen LogP contribution >= 0.6 is 0 Å². The van der Waals surface area contributed by atoms with E-state index in [0.29, 0.717) is 17.6 Å². The number of Topliss-reactive ketones (excluding diaryl/α,β-unsaturated/α-hetero) is 1. The fourth-order valence-corrected chi connectivity index (χ4v) is 3.31. The number of hydrogen-bond donors (Lipinski definition) is 0. The van der Waals surface area contributed by atoms with Crippen LogP contribution in [0.3, 0.4) is 0 Å². The van der Waals surface area contributed by atoms with E-state index in [9.17, 15) is 9.59 Å². The molecule has 0 saturated heterocycles. The first-order valence-electron chi connectivity index (χ1n) is 10.7. The van der Waals surface area contributed by atoms with Crippen molar-refractivity contribution in [2.24, 2.45) is 0 Å². The minimum Gasteiger partial charge on any atom is -0.290 e. The minimum absolute atomic E-state index is 0.00320. The molecular formula is C27H38O2. The zero-order chi connectivity index (χ0) is 22.0. The molecule has 0 aromatic rings. The van der Waals surface area contributed by atoms with Gasteiger partial charge in [0, 0.05) is 11.1 Å². The second kappa shape index (κ2) is 12.4. The van der Waals surface area contributed by atoms with Crippen molar-refractivity contribution in [2.75, 3.05) is 0 Å². The Morgan fingerprint density at radius 3 is 2.00 bits per heavy atom. The van der Waals surface area contributed by atoms with Crippen molar-refractivity contribution < 1.29 is 9.59 Å². The average molecular weight is 395 g/mol. The minimum atomic E-state index is -0.0768. The van der Waals surface area contributed by atoms with Gasteiger partial charge in [-0.2, -0.15) is 0 Å². The molecule has 1 aliphatic carbocycles. The molecule has 0 saturated carbocycles. The Labute approximate surface area is 177 Å². The number of ketones is 2. The second-order valence-corrected chi connectivity index (χ2v) is 8.68. The largest absolute Gasteiger partial charge is 0.290 e. The third-order valence-electron chi connectivity index (χ3n) is 5.19. The van der Waals surface area contributed by atoms with E-state index in [1.807, 2.05) is 0 Å². The molecule has 0 fully saturated rings. The zero-order valence-electron chi connectivity index (χ0n) is 19.4. The van der Waals surface area contributed by atoms with Gasteiger partial charge in [0.2, 0.25) is 0 Å². The molecule has 29 heavy (non-hydrogen) atoms. The van der Waals surface area contributed by atoms with E-state index in [1.54, 1.807) is 6.92 Å². The summed E-state index contributed by atoms with van der Waals surface area (Å²) in [4.78, 5) is 24.5. The molecule has 1 rings (SSSR count). The standard InChI is InChI=1S/C27H38O2/c1-19(2)10-8-12-21(5)14-15-24(22(6)13-9-11-20(3)4)17-25-18-26(28)16-23(7)27(25)29/h10-11,14,16,18H,8-9,12-13,15,17H2,1-7H3. The van der Waals surface area contributed by atoms with Gasteiger partial charge in [-0.15, -0.1) is 0 Å². The van der Waals surface area contributed by atoms with E-state index >= 15 is 0 Å². The molecule has 0 amide bonds. The van der Waals surface area contributed by atoms with Crippen molar-refractivity contribution in [3.63, 3.8) is 0 Å². The van der Waals surface area contributed by atoms with Crippen LogP contribution in [-0.2, 0) is 9.59 Å². The van der Waals surface area contributed by atoms with Crippen molar-refractivity contribution in [3.8, 4) is 0 Å². The summed E-state index contributed by atoms with van der Waals surface area (Å²) in [6.07, 6.45) is 15.3. The summed E-state index contributed by atoms with van der Waals surface area (Å²) in [6, 6.07) is 0. The molecule has 0 aliphatic heterocycles. The summed E-state index contributed by atoms with van der Waals surface area (Å²) in [5, 5.41) is 0. The van der Waals surface area contributed by atoms with E-state index in [4.69, 9.17) is 0 Å².